The minimum Gasteiger partial charge on any atom is -0.302 e. The highest BCUT2D eigenvalue weighted by Crippen LogP contribution is 2.26. The first kappa shape index (κ1) is 9.97. The number of benzene rings is 1. The van der Waals surface area contributed by atoms with Crippen LogP contribution in [0.15, 0.2) is 30.3 Å². The summed E-state index contributed by atoms with van der Waals surface area (Å²) in [6.07, 6.45) is 3.01. The predicted molar refractivity (Wildman–Crippen MR) is 54.8 cm³/mol. The van der Waals surface area contributed by atoms with Crippen LogP contribution in [0.25, 0.3) is 0 Å². The van der Waals surface area contributed by atoms with E-state index in [0.29, 0.717) is 0 Å². The summed E-state index contributed by atoms with van der Waals surface area (Å²) in [6, 6.07) is 9.97. The standard InChI is InChI=1S/C12H16O/c1-3-9-12(2,10-13)11-7-5-4-6-8-11/h4-8,10H,3,9H2,1-2H3. The molecule has 0 fully saturated rings. The topological polar surface area (TPSA) is 17.1 Å². The van der Waals surface area contributed by atoms with E-state index in [2.05, 4.69) is 6.92 Å². The van der Waals surface area contributed by atoms with Gasteiger partial charge < -0.3 is 4.79 Å². The van der Waals surface area contributed by atoms with E-state index in [1.165, 1.54) is 0 Å². The molecule has 0 bridgehead atoms. The molecule has 1 unspecified atom stereocenters. The van der Waals surface area contributed by atoms with Gasteiger partial charge in [0.25, 0.3) is 0 Å². The van der Waals surface area contributed by atoms with Crippen molar-refractivity contribution in [3.63, 3.8) is 0 Å². The second-order valence-corrected chi connectivity index (χ2v) is 3.65. The highest BCUT2D eigenvalue weighted by atomic mass is 16.1. The van der Waals surface area contributed by atoms with Crippen LogP contribution in [0.1, 0.15) is 32.3 Å². The molecule has 0 aliphatic carbocycles. The molecule has 1 aromatic carbocycles. The van der Waals surface area contributed by atoms with E-state index >= 15 is 0 Å². The number of hydrogen-bond donors (Lipinski definition) is 0. The first-order chi connectivity index (χ1) is 6.23. The van der Waals surface area contributed by atoms with Gasteiger partial charge in [-0.15, -0.1) is 0 Å². The van der Waals surface area contributed by atoms with Gasteiger partial charge in [-0.05, 0) is 18.9 Å². The van der Waals surface area contributed by atoms with E-state index in [1.807, 2.05) is 37.3 Å². The number of hydrogen-bond acceptors (Lipinski definition) is 1. The average Bonchev–Trinajstić information content (AvgIpc) is 2.19. The molecule has 70 valence electrons. The van der Waals surface area contributed by atoms with Gasteiger partial charge in [0, 0.05) is 5.41 Å². The highest BCUT2D eigenvalue weighted by molar-refractivity contribution is 5.67. The first-order valence-electron chi connectivity index (χ1n) is 4.75. The second-order valence-electron chi connectivity index (χ2n) is 3.65. The minimum atomic E-state index is -0.296. The molecule has 0 spiro atoms. The largest absolute Gasteiger partial charge is 0.302 e. The van der Waals surface area contributed by atoms with Gasteiger partial charge in [0.05, 0.1) is 0 Å². The fourth-order valence-electron chi connectivity index (χ4n) is 1.61. The van der Waals surface area contributed by atoms with Crippen molar-refractivity contribution in [2.24, 2.45) is 0 Å². The lowest BCUT2D eigenvalue weighted by Crippen LogP contribution is -2.23. The maximum Gasteiger partial charge on any atom is 0.130 e. The van der Waals surface area contributed by atoms with Crippen molar-refractivity contribution in [3.8, 4) is 0 Å². The Kier molecular flexibility index (Phi) is 3.24. The van der Waals surface area contributed by atoms with Crippen molar-refractivity contribution < 1.29 is 4.79 Å². The van der Waals surface area contributed by atoms with Crippen LogP contribution >= 0.6 is 0 Å². The number of aldehydes is 1. The highest BCUT2D eigenvalue weighted by Gasteiger charge is 2.24. The summed E-state index contributed by atoms with van der Waals surface area (Å²) < 4.78 is 0. The molecule has 0 aliphatic heterocycles. The molecule has 0 aromatic heterocycles. The summed E-state index contributed by atoms with van der Waals surface area (Å²) in [5, 5.41) is 0. The van der Waals surface area contributed by atoms with Crippen molar-refractivity contribution in [3.05, 3.63) is 35.9 Å². The fourth-order valence-corrected chi connectivity index (χ4v) is 1.61. The lowest BCUT2D eigenvalue weighted by atomic mass is 9.80. The number of carbonyl (C=O) groups excluding carboxylic acids is 1. The van der Waals surface area contributed by atoms with Gasteiger partial charge in [0.2, 0.25) is 0 Å². The monoisotopic (exact) mass is 176 g/mol. The van der Waals surface area contributed by atoms with Crippen LogP contribution in [0.4, 0.5) is 0 Å². The Morgan fingerprint density at radius 3 is 2.38 bits per heavy atom. The van der Waals surface area contributed by atoms with Crippen LogP contribution in [0.5, 0.6) is 0 Å². The zero-order valence-electron chi connectivity index (χ0n) is 8.29. The SMILES string of the molecule is CCCC(C)(C=O)c1ccccc1. The third-order valence-electron chi connectivity index (χ3n) is 2.46. The van der Waals surface area contributed by atoms with Crippen LogP contribution in [-0.2, 0) is 10.2 Å². The Morgan fingerprint density at radius 2 is 1.92 bits per heavy atom. The lowest BCUT2D eigenvalue weighted by Gasteiger charge is -2.22. The van der Waals surface area contributed by atoms with Crippen molar-refractivity contribution in [2.45, 2.75) is 32.1 Å². The van der Waals surface area contributed by atoms with Crippen LogP contribution in [0.3, 0.4) is 0 Å². The Labute approximate surface area is 79.8 Å². The molecule has 0 amide bonds. The molecule has 0 aliphatic rings. The maximum absolute atomic E-state index is 11.0. The van der Waals surface area contributed by atoms with Gasteiger partial charge in [-0.25, -0.2) is 0 Å². The van der Waals surface area contributed by atoms with E-state index in [1.54, 1.807) is 0 Å². The molecule has 0 heterocycles. The van der Waals surface area contributed by atoms with Crippen LogP contribution < -0.4 is 0 Å². The number of carbonyl (C=O) groups is 1. The van der Waals surface area contributed by atoms with Crippen LogP contribution in [0.2, 0.25) is 0 Å². The molecule has 0 saturated heterocycles. The second kappa shape index (κ2) is 4.22. The van der Waals surface area contributed by atoms with Crippen LogP contribution in [0, 0.1) is 0 Å². The smallest absolute Gasteiger partial charge is 0.130 e. The van der Waals surface area contributed by atoms with Crippen molar-refractivity contribution >= 4 is 6.29 Å². The van der Waals surface area contributed by atoms with E-state index in [9.17, 15) is 4.79 Å². The Hall–Kier alpha value is -1.11. The molecule has 0 N–H and O–H groups in total. The van der Waals surface area contributed by atoms with Gasteiger partial charge >= 0.3 is 0 Å². The minimum absolute atomic E-state index is 0.296. The third kappa shape index (κ3) is 2.18. The van der Waals surface area contributed by atoms with E-state index in [-0.39, 0.29) is 5.41 Å². The Balaban J connectivity index is 2.95. The van der Waals surface area contributed by atoms with Crippen molar-refractivity contribution in [1.29, 1.82) is 0 Å². The molecule has 1 rings (SSSR count). The average molecular weight is 176 g/mol. The summed E-state index contributed by atoms with van der Waals surface area (Å²) in [7, 11) is 0. The van der Waals surface area contributed by atoms with Gasteiger partial charge in [-0.2, -0.15) is 0 Å². The van der Waals surface area contributed by atoms with Gasteiger partial charge in [0.1, 0.15) is 6.29 Å². The molecular formula is C12H16O. The van der Waals surface area contributed by atoms with E-state index in [4.69, 9.17) is 0 Å². The van der Waals surface area contributed by atoms with Crippen molar-refractivity contribution in [2.75, 3.05) is 0 Å². The molecule has 0 saturated carbocycles. The quantitative estimate of drug-likeness (QED) is 0.645. The first-order valence-corrected chi connectivity index (χ1v) is 4.75. The zero-order valence-corrected chi connectivity index (χ0v) is 8.29. The summed E-state index contributed by atoms with van der Waals surface area (Å²) in [5.74, 6) is 0. The fraction of sp³-hybridized carbons (Fsp3) is 0.417. The zero-order chi connectivity index (χ0) is 9.73. The molecular weight excluding hydrogens is 160 g/mol. The molecule has 1 atom stereocenters. The molecule has 13 heavy (non-hydrogen) atoms. The maximum atomic E-state index is 11.0. The molecule has 1 heteroatoms. The summed E-state index contributed by atoms with van der Waals surface area (Å²) in [5.41, 5.74) is 0.822. The molecule has 0 radical (unpaired) electrons. The molecule has 1 nitrogen and oxygen atoms in total. The van der Waals surface area contributed by atoms with Crippen LogP contribution in [-0.4, -0.2) is 6.29 Å². The predicted octanol–water partition coefficient (Wildman–Crippen LogP) is 2.94. The normalized spacial score (nSPS) is 14.9. The van der Waals surface area contributed by atoms with E-state index < -0.39 is 0 Å². The van der Waals surface area contributed by atoms with Gasteiger partial charge in [0.15, 0.2) is 0 Å². The van der Waals surface area contributed by atoms with E-state index in [0.717, 1.165) is 24.7 Å². The third-order valence-corrected chi connectivity index (χ3v) is 2.46. The lowest BCUT2D eigenvalue weighted by molar-refractivity contribution is -0.112. The number of rotatable bonds is 4. The summed E-state index contributed by atoms with van der Waals surface area (Å²) in [4.78, 5) is 11.0. The van der Waals surface area contributed by atoms with Crippen molar-refractivity contribution in [1.82, 2.24) is 0 Å². The summed E-state index contributed by atoms with van der Waals surface area (Å²) >= 11 is 0. The van der Waals surface area contributed by atoms with Gasteiger partial charge in [-0.1, -0.05) is 43.7 Å². The molecule has 1 aromatic rings. The Bertz CT molecular complexity index is 266. The van der Waals surface area contributed by atoms with Gasteiger partial charge in [-0.3, -0.25) is 0 Å². The summed E-state index contributed by atoms with van der Waals surface area (Å²) in [6.45, 7) is 4.10. The Morgan fingerprint density at radius 1 is 1.31 bits per heavy atom.